The number of carbonyl (C=O) groups excluding carboxylic acids is 1. The molecular formula is C17H18FNO3S. The van der Waals surface area contributed by atoms with Crippen LogP contribution in [0.3, 0.4) is 0 Å². The Morgan fingerprint density at radius 2 is 1.91 bits per heavy atom. The largest absolute Gasteiger partial charge is 0.481 e. The lowest BCUT2D eigenvalue weighted by Crippen LogP contribution is -2.23. The normalized spacial score (nSPS) is 12.3. The first-order valence-corrected chi connectivity index (χ1v) is 8.19. The highest BCUT2D eigenvalue weighted by Crippen LogP contribution is 2.25. The maximum absolute atomic E-state index is 12.9. The van der Waals surface area contributed by atoms with Crippen molar-refractivity contribution >= 4 is 23.1 Å². The predicted octanol–water partition coefficient (Wildman–Crippen LogP) is 3.81. The Balaban J connectivity index is 2.02. The third-order valence-electron chi connectivity index (χ3n) is 3.59. The summed E-state index contributed by atoms with van der Waals surface area (Å²) in [6.45, 7) is 3.59. The minimum Gasteiger partial charge on any atom is -0.481 e. The average molecular weight is 335 g/mol. The monoisotopic (exact) mass is 335 g/mol. The fourth-order valence-corrected chi connectivity index (χ4v) is 3.07. The quantitative estimate of drug-likeness (QED) is 0.835. The zero-order valence-electron chi connectivity index (χ0n) is 13.0. The minimum atomic E-state index is -0.946. The van der Waals surface area contributed by atoms with E-state index in [1.165, 1.54) is 23.5 Å². The molecule has 0 spiro atoms. The molecule has 6 heteroatoms. The van der Waals surface area contributed by atoms with E-state index in [9.17, 15) is 14.0 Å². The van der Waals surface area contributed by atoms with E-state index >= 15 is 0 Å². The summed E-state index contributed by atoms with van der Waals surface area (Å²) in [5.41, 5.74) is 1.41. The number of rotatable bonds is 7. The molecule has 0 aliphatic carbocycles. The van der Waals surface area contributed by atoms with Crippen molar-refractivity contribution in [3.63, 3.8) is 0 Å². The molecule has 23 heavy (non-hydrogen) atoms. The van der Waals surface area contributed by atoms with E-state index in [-0.39, 0.29) is 30.4 Å². The molecule has 0 aliphatic rings. The Bertz CT molecular complexity index is 694. The van der Waals surface area contributed by atoms with Gasteiger partial charge in [0.1, 0.15) is 16.6 Å². The Morgan fingerprint density at radius 3 is 2.48 bits per heavy atom. The summed E-state index contributed by atoms with van der Waals surface area (Å²) in [5.74, 6) is -2.16. The van der Waals surface area contributed by atoms with Gasteiger partial charge in [0.05, 0.1) is 11.6 Å². The molecule has 0 saturated heterocycles. The molecule has 0 amide bonds. The number of Topliss-reactive ketones (excluding diaryl/α,β-unsaturated/α-hetero) is 1. The number of halogens is 1. The standard InChI is InChI=1S/C17H18FNO3S/c1-10(2)15(17(21)22)8-14(20)7-13-9-23-16(19-13)11-3-5-12(18)6-4-11/h3-6,9-10,15H,7-8H2,1-2H3,(H,21,22)/t15-/m1/s1. The van der Waals surface area contributed by atoms with E-state index in [2.05, 4.69) is 4.98 Å². The lowest BCUT2D eigenvalue weighted by molar-refractivity contribution is -0.145. The second kappa shape index (κ2) is 7.46. The summed E-state index contributed by atoms with van der Waals surface area (Å²) < 4.78 is 12.9. The van der Waals surface area contributed by atoms with Crippen LogP contribution in [-0.4, -0.2) is 21.8 Å². The average Bonchev–Trinajstić information content (AvgIpc) is 2.93. The van der Waals surface area contributed by atoms with E-state index in [1.807, 2.05) is 0 Å². The summed E-state index contributed by atoms with van der Waals surface area (Å²) in [6.07, 6.45) is 0.130. The number of hydrogen-bond donors (Lipinski definition) is 1. The fraction of sp³-hybridized carbons (Fsp3) is 0.353. The van der Waals surface area contributed by atoms with Crippen molar-refractivity contribution in [3.8, 4) is 10.6 Å². The maximum atomic E-state index is 12.9. The maximum Gasteiger partial charge on any atom is 0.307 e. The lowest BCUT2D eigenvalue weighted by atomic mass is 9.90. The van der Waals surface area contributed by atoms with Crippen molar-refractivity contribution in [1.29, 1.82) is 0 Å². The highest BCUT2D eigenvalue weighted by Gasteiger charge is 2.24. The van der Waals surface area contributed by atoms with E-state index < -0.39 is 11.9 Å². The lowest BCUT2D eigenvalue weighted by Gasteiger charge is -2.14. The van der Waals surface area contributed by atoms with Crippen LogP contribution in [0.5, 0.6) is 0 Å². The molecular weight excluding hydrogens is 317 g/mol. The number of aromatic nitrogens is 1. The molecule has 1 aromatic carbocycles. The summed E-state index contributed by atoms with van der Waals surface area (Å²) in [7, 11) is 0. The Labute approximate surface area is 138 Å². The van der Waals surface area contributed by atoms with Gasteiger partial charge in [0.15, 0.2) is 0 Å². The first-order chi connectivity index (χ1) is 10.9. The molecule has 0 unspecified atom stereocenters. The smallest absolute Gasteiger partial charge is 0.307 e. The second-order valence-corrected chi connectivity index (χ2v) is 6.62. The molecule has 0 fully saturated rings. The Hall–Kier alpha value is -2.08. The molecule has 0 radical (unpaired) electrons. The molecule has 2 rings (SSSR count). The molecule has 2 aromatic rings. The van der Waals surface area contributed by atoms with Gasteiger partial charge in [0.25, 0.3) is 0 Å². The molecule has 1 atom stereocenters. The summed E-state index contributed by atoms with van der Waals surface area (Å²) >= 11 is 1.38. The van der Waals surface area contributed by atoms with Crippen molar-refractivity contribution in [3.05, 3.63) is 41.2 Å². The van der Waals surface area contributed by atoms with Crippen molar-refractivity contribution in [2.24, 2.45) is 11.8 Å². The van der Waals surface area contributed by atoms with Gasteiger partial charge in [-0.25, -0.2) is 9.37 Å². The van der Waals surface area contributed by atoms with Gasteiger partial charge in [-0.15, -0.1) is 11.3 Å². The van der Waals surface area contributed by atoms with Crippen LogP contribution in [-0.2, 0) is 16.0 Å². The number of benzene rings is 1. The van der Waals surface area contributed by atoms with Gasteiger partial charge in [-0.05, 0) is 30.2 Å². The summed E-state index contributed by atoms with van der Waals surface area (Å²) in [6, 6.07) is 6.00. The van der Waals surface area contributed by atoms with Gasteiger partial charge in [-0.2, -0.15) is 0 Å². The number of nitrogens with zero attached hydrogens (tertiary/aromatic N) is 1. The third kappa shape index (κ3) is 4.69. The van der Waals surface area contributed by atoms with Gasteiger partial charge < -0.3 is 5.11 Å². The third-order valence-corrected chi connectivity index (χ3v) is 4.53. The Kier molecular flexibility index (Phi) is 5.60. The first-order valence-electron chi connectivity index (χ1n) is 7.31. The van der Waals surface area contributed by atoms with Gasteiger partial charge in [-0.1, -0.05) is 13.8 Å². The molecule has 1 N–H and O–H groups in total. The number of thiazole rings is 1. The fourth-order valence-electron chi connectivity index (χ4n) is 2.24. The predicted molar refractivity (Wildman–Crippen MR) is 86.8 cm³/mol. The van der Waals surface area contributed by atoms with Gasteiger partial charge >= 0.3 is 5.97 Å². The number of carbonyl (C=O) groups is 2. The summed E-state index contributed by atoms with van der Waals surface area (Å²) in [4.78, 5) is 27.6. The van der Waals surface area contributed by atoms with Crippen LogP contribution in [0.1, 0.15) is 26.0 Å². The zero-order chi connectivity index (χ0) is 17.0. The SMILES string of the molecule is CC(C)[C@@H](CC(=O)Cc1csc(-c2ccc(F)cc2)n1)C(=O)O. The molecule has 1 aromatic heterocycles. The molecule has 4 nitrogen and oxygen atoms in total. The van der Waals surface area contributed by atoms with Crippen LogP contribution in [0.2, 0.25) is 0 Å². The van der Waals surface area contributed by atoms with Crippen LogP contribution in [0.25, 0.3) is 10.6 Å². The summed E-state index contributed by atoms with van der Waals surface area (Å²) in [5, 5.41) is 11.6. The van der Waals surface area contributed by atoms with Crippen molar-refractivity contribution < 1.29 is 19.1 Å². The topological polar surface area (TPSA) is 67.3 Å². The van der Waals surface area contributed by atoms with Crippen LogP contribution < -0.4 is 0 Å². The zero-order valence-corrected chi connectivity index (χ0v) is 13.8. The minimum absolute atomic E-state index is 0.0103. The highest BCUT2D eigenvalue weighted by atomic mass is 32.1. The number of aliphatic carboxylic acids is 1. The molecule has 0 bridgehead atoms. The number of hydrogen-bond acceptors (Lipinski definition) is 4. The van der Waals surface area contributed by atoms with E-state index in [0.717, 1.165) is 5.56 Å². The van der Waals surface area contributed by atoms with E-state index in [0.29, 0.717) is 10.7 Å². The number of carboxylic acid groups (broad SMARTS) is 1. The molecule has 0 aliphatic heterocycles. The van der Waals surface area contributed by atoms with Gasteiger partial charge in [0.2, 0.25) is 0 Å². The number of carboxylic acids is 1. The second-order valence-electron chi connectivity index (χ2n) is 5.76. The van der Waals surface area contributed by atoms with Crippen molar-refractivity contribution in [1.82, 2.24) is 4.98 Å². The molecule has 1 heterocycles. The molecule has 0 saturated carbocycles. The Morgan fingerprint density at radius 1 is 1.26 bits per heavy atom. The van der Waals surface area contributed by atoms with E-state index in [1.54, 1.807) is 31.4 Å². The molecule has 122 valence electrons. The van der Waals surface area contributed by atoms with Gasteiger partial charge in [0, 0.05) is 23.8 Å². The van der Waals surface area contributed by atoms with Crippen LogP contribution in [0.15, 0.2) is 29.6 Å². The van der Waals surface area contributed by atoms with Crippen molar-refractivity contribution in [2.45, 2.75) is 26.7 Å². The van der Waals surface area contributed by atoms with Gasteiger partial charge in [-0.3, -0.25) is 9.59 Å². The van der Waals surface area contributed by atoms with Crippen molar-refractivity contribution in [2.75, 3.05) is 0 Å². The van der Waals surface area contributed by atoms with Crippen LogP contribution in [0, 0.1) is 17.7 Å². The first kappa shape index (κ1) is 17.3. The van der Waals surface area contributed by atoms with E-state index in [4.69, 9.17) is 5.11 Å². The van der Waals surface area contributed by atoms with Crippen LogP contribution in [0.4, 0.5) is 4.39 Å². The van der Waals surface area contributed by atoms with Crippen LogP contribution >= 0.6 is 11.3 Å². The number of ketones is 1. The highest BCUT2D eigenvalue weighted by molar-refractivity contribution is 7.13.